The summed E-state index contributed by atoms with van der Waals surface area (Å²) in [6, 6.07) is 0. The molecule has 0 saturated carbocycles. The van der Waals surface area contributed by atoms with Gasteiger partial charge in [-0.05, 0) is 88.9 Å². The molecule has 0 rings (SSSR count). The molecule has 0 spiro atoms. The van der Waals surface area contributed by atoms with E-state index in [-0.39, 0.29) is 25.7 Å². The lowest BCUT2D eigenvalue weighted by Crippen LogP contribution is -2.30. The highest BCUT2D eigenvalue weighted by Crippen LogP contribution is 2.45. The molecule has 2 unspecified atom stereocenters. The number of carbonyl (C=O) groups is 4. The Morgan fingerprint density at radius 2 is 0.614 bits per heavy atom. The van der Waals surface area contributed by atoms with Gasteiger partial charge in [0.2, 0.25) is 0 Å². The van der Waals surface area contributed by atoms with Crippen LogP contribution in [0.15, 0.2) is 48.6 Å². The first-order chi connectivity index (χ1) is 42.4. The summed E-state index contributed by atoms with van der Waals surface area (Å²) in [5.74, 6) is -0.844. The van der Waals surface area contributed by atoms with E-state index in [2.05, 4.69) is 90.2 Å². The van der Waals surface area contributed by atoms with E-state index < -0.39 is 97.5 Å². The highest BCUT2D eigenvalue weighted by molar-refractivity contribution is 7.47. The average Bonchev–Trinajstić information content (AvgIpc) is 3.67. The maximum Gasteiger partial charge on any atom is 0.472 e. The number of phosphoric ester groups is 2. The summed E-state index contributed by atoms with van der Waals surface area (Å²) in [4.78, 5) is 72.3. The Morgan fingerprint density at radius 1 is 0.352 bits per heavy atom. The minimum absolute atomic E-state index is 0.0810. The number of ether oxygens (including phenoxy) is 4. The molecular formula is C69H126O17P2. The highest BCUT2D eigenvalue weighted by Gasteiger charge is 2.30. The first-order valence-electron chi connectivity index (χ1n) is 34.6. The summed E-state index contributed by atoms with van der Waals surface area (Å²) in [7, 11) is -9.92. The highest BCUT2D eigenvalue weighted by atomic mass is 31.2. The number of rotatable bonds is 64. The predicted octanol–water partition coefficient (Wildman–Crippen LogP) is 18.7. The van der Waals surface area contributed by atoms with Crippen LogP contribution in [0.1, 0.15) is 298 Å². The van der Waals surface area contributed by atoms with Crippen molar-refractivity contribution < 1.29 is 80.2 Å². The number of carbonyl (C=O) groups excluding carboxylic acids is 4. The van der Waals surface area contributed by atoms with Gasteiger partial charge in [-0.1, -0.05) is 244 Å². The van der Waals surface area contributed by atoms with E-state index in [0.29, 0.717) is 37.5 Å². The quantitative estimate of drug-likeness (QED) is 0.0169. The fourth-order valence-electron chi connectivity index (χ4n) is 9.33. The van der Waals surface area contributed by atoms with Crippen molar-refractivity contribution in [3.05, 3.63) is 48.6 Å². The molecule has 0 saturated heterocycles. The number of allylic oxidation sites excluding steroid dienone is 8. The maximum atomic E-state index is 13.0. The Morgan fingerprint density at radius 3 is 0.920 bits per heavy atom. The molecule has 0 fully saturated rings. The molecule has 17 nitrogen and oxygen atoms in total. The molecule has 0 radical (unpaired) electrons. The van der Waals surface area contributed by atoms with Crippen molar-refractivity contribution in [3.8, 4) is 0 Å². The summed E-state index contributed by atoms with van der Waals surface area (Å²) < 4.78 is 68.0. The Kier molecular flexibility index (Phi) is 58.2. The van der Waals surface area contributed by atoms with Gasteiger partial charge in [-0.2, -0.15) is 0 Å². The third kappa shape index (κ3) is 61.9. The van der Waals surface area contributed by atoms with Crippen LogP contribution in [-0.4, -0.2) is 96.7 Å². The molecular weight excluding hydrogens is 1160 g/mol. The van der Waals surface area contributed by atoms with Gasteiger partial charge in [-0.15, -0.1) is 0 Å². The fraction of sp³-hybridized carbons (Fsp3) is 0.826. The van der Waals surface area contributed by atoms with Gasteiger partial charge in [0.05, 0.1) is 26.4 Å². The van der Waals surface area contributed by atoms with Gasteiger partial charge < -0.3 is 33.8 Å². The molecule has 0 aromatic rings. The second-order valence-electron chi connectivity index (χ2n) is 24.5. The molecule has 0 heterocycles. The van der Waals surface area contributed by atoms with Crippen molar-refractivity contribution in [2.45, 2.75) is 317 Å². The zero-order valence-electron chi connectivity index (χ0n) is 56.0. The predicted molar refractivity (Wildman–Crippen MR) is 353 cm³/mol. The number of hydrogen-bond donors (Lipinski definition) is 3. The minimum atomic E-state index is -4.96. The Balaban J connectivity index is 5.29. The molecule has 3 N–H and O–H groups in total. The van der Waals surface area contributed by atoms with Crippen LogP contribution in [-0.2, 0) is 65.4 Å². The second kappa shape index (κ2) is 60.3. The molecule has 0 aromatic heterocycles. The Hall–Kier alpha value is -2.98. The largest absolute Gasteiger partial charge is 0.472 e. The molecule has 4 atom stereocenters. The lowest BCUT2D eigenvalue weighted by molar-refractivity contribution is -0.161. The molecule has 0 aliphatic carbocycles. The second-order valence-corrected chi connectivity index (χ2v) is 27.4. The van der Waals surface area contributed by atoms with E-state index in [1.807, 2.05) is 0 Å². The normalized spacial score (nSPS) is 14.5. The number of esters is 4. The first kappa shape index (κ1) is 85.0. The molecule has 0 amide bonds. The standard InChI is InChI=1S/C69H126O17P2/c1-7-9-11-13-15-17-19-21-23-25-27-29-31-41-47-53-68(73)85-64(57-79-66(71)51-45-39-35-33-37-43-49-61(3)4)59-83-87(75,76)81-55-63(70)56-82-88(77,78)84-60-65(58-80-67(72)52-46-40-36-34-38-44-50-62(5)6)86-69(74)54-48-42-32-30-28-26-24-22-20-18-16-14-12-10-8-2/h17-24,61-65,70H,7-16,25-60H2,1-6H3,(H,75,76)(H,77,78)/b19-17-,20-18-,23-21-,24-22-/t64-,65-/m1/s1. The lowest BCUT2D eigenvalue weighted by atomic mass is 10.0. The van der Waals surface area contributed by atoms with Gasteiger partial charge in [0.15, 0.2) is 12.2 Å². The van der Waals surface area contributed by atoms with Crippen molar-refractivity contribution in [3.63, 3.8) is 0 Å². The van der Waals surface area contributed by atoms with Gasteiger partial charge in [-0.3, -0.25) is 37.3 Å². The van der Waals surface area contributed by atoms with Crippen LogP contribution >= 0.6 is 15.6 Å². The van der Waals surface area contributed by atoms with Crippen LogP contribution in [0.5, 0.6) is 0 Å². The summed E-state index contributed by atoms with van der Waals surface area (Å²) in [6.45, 7) is 9.22. The number of aliphatic hydroxyl groups excluding tert-OH is 1. The van der Waals surface area contributed by atoms with Crippen LogP contribution in [0, 0.1) is 11.8 Å². The molecule has 0 bridgehead atoms. The van der Waals surface area contributed by atoms with Crippen LogP contribution in [0.25, 0.3) is 0 Å². The van der Waals surface area contributed by atoms with E-state index in [9.17, 15) is 43.2 Å². The number of phosphoric acid groups is 2. The third-order valence-corrected chi connectivity index (χ3v) is 16.6. The zero-order valence-corrected chi connectivity index (χ0v) is 57.8. The van der Waals surface area contributed by atoms with E-state index in [1.165, 1.54) is 77.0 Å². The van der Waals surface area contributed by atoms with E-state index in [0.717, 1.165) is 128 Å². The summed E-state index contributed by atoms with van der Waals surface area (Å²) >= 11 is 0. The van der Waals surface area contributed by atoms with Crippen molar-refractivity contribution in [2.75, 3.05) is 39.6 Å². The Bertz CT molecular complexity index is 1770. The lowest BCUT2D eigenvalue weighted by Gasteiger charge is -2.21. The summed E-state index contributed by atoms with van der Waals surface area (Å²) in [5.41, 5.74) is 0. The topological polar surface area (TPSA) is 237 Å². The van der Waals surface area contributed by atoms with Crippen molar-refractivity contribution in [1.82, 2.24) is 0 Å². The van der Waals surface area contributed by atoms with Gasteiger partial charge in [0.1, 0.15) is 19.3 Å². The average molecular weight is 1290 g/mol. The minimum Gasteiger partial charge on any atom is -0.462 e. The van der Waals surface area contributed by atoms with E-state index in [1.54, 1.807) is 0 Å². The van der Waals surface area contributed by atoms with Crippen LogP contribution in [0.2, 0.25) is 0 Å². The first-order valence-corrected chi connectivity index (χ1v) is 37.6. The van der Waals surface area contributed by atoms with E-state index in [4.69, 9.17) is 37.0 Å². The van der Waals surface area contributed by atoms with Crippen LogP contribution in [0.4, 0.5) is 0 Å². The SMILES string of the molecule is CCCCCC/C=C\C=C/CCCCCCCC(=O)O[C@H](COC(=O)CCCCCCCCC(C)C)COP(=O)(O)OCC(O)COP(=O)(O)OC[C@@H](COC(=O)CCCCCCCCC(C)C)OC(=O)CCCCCCC/C=C\C=C/CCCCCC. The molecule has 0 aromatic carbocycles. The maximum absolute atomic E-state index is 13.0. The monoisotopic (exact) mass is 1290 g/mol. The number of aliphatic hydroxyl groups is 1. The smallest absolute Gasteiger partial charge is 0.462 e. The van der Waals surface area contributed by atoms with Crippen molar-refractivity contribution in [1.29, 1.82) is 0 Å². The fourth-order valence-corrected chi connectivity index (χ4v) is 10.9. The van der Waals surface area contributed by atoms with Gasteiger partial charge in [0, 0.05) is 25.7 Å². The summed E-state index contributed by atoms with van der Waals surface area (Å²) in [5, 5.41) is 10.6. The molecule has 0 aliphatic rings. The summed E-state index contributed by atoms with van der Waals surface area (Å²) in [6.07, 6.45) is 50.6. The number of hydrogen-bond acceptors (Lipinski definition) is 15. The molecule has 514 valence electrons. The van der Waals surface area contributed by atoms with Gasteiger partial charge in [-0.25, -0.2) is 9.13 Å². The molecule has 88 heavy (non-hydrogen) atoms. The molecule has 0 aliphatic heterocycles. The van der Waals surface area contributed by atoms with Crippen molar-refractivity contribution >= 4 is 39.5 Å². The van der Waals surface area contributed by atoms with Crippen LogP contribution < -0.4 is 0 Å². The zero-order chi connectivity index (χ0) is 65.0. The van der Waals surface area contributed by atoms with Crippen molar-refractivity contribution in [2.24, 2.45) is 11.8 Å². The van der Waals surface area contributed by atoms with E-state index >= 15 is 0 Å². The third-order valence-electron chi connectivity index (χ3n) is 14.7. The molecule has 19 heteroatoms. The Labute approximate surface area is 534 Å². The van der Waals surface area contributed by atoms with Gasteiger partial charge in [0.25, 0.3) is 0 Å². The van der Waals surface area contributed by atoms with Crippen LogP contribution in [0.3, 0.4) is 0 Å². The number of unbranched alkanes of at least 4 members (excludes halogenated alkanes) is 28. The van der Waals surface area contributed by atoms with Gasteiger partial charge >= 0.3 is 39.5 Å².